The Morgan fingerprint density at radius 2 is 2.05 bits per heavy atom. The lowest BCUT2D eigenvalue weighted by Crippen LogP contribution is -2.32. The number of hydrogen-bond donors (Lipinski definition) is 3. The number of aliphatic carboxylic acids is 1. The number of carboxylic acids is 1. The third-order valence-corrected chi connectivity index (χ3v) is 2.50. The van der Waals surface area contributed by atoms with Gasteiger partial charge in [0.15, 0.2) is 0 Å². The lowest BCUT2D eigenvalue weighted by Gasteiger charge is -2.14. The van der Waals surface area contributed by atoms with Crippen LogP contribution in [-0.4, -0.2) is 42.0 Å². The summed E-state index contributed by atoms with van der Waals surface area (Å²) in [6.07, 6.45) is -1.02. The van der Waals surface area contributed by atoms with Crippen LogP contribution in [0.3, 0.4) is 0 Å². The van der Waals surface area contributed by atoms with Crippen molar-refractivity contribution in [2.75, 3.05) is 13.6 Å². The molecule has 0 saturated heterocycles. The Morgan fingerprint density at radius 3 is 2.60 bits per heavy atom. The molecule has 0 aliphatic heterocycles. The number of hydrazine groups is 1. The van der Waals surface area contributed by atoms with Crippen LogP contribution < -0.4 is 10.7 Å². The van der Waals surface area contributed by atoms with Crippen molar-refractivity contribution in [3.63, 3.8) is 0 Å². The van der Waals surface area contributed by atoms with E-state index in [0.717, 1.165) is 5.56 Å². The quantitative estimate of drug-likeness (QED) is 0.482. The number of nitrogens with zero attached hydrogens (tertiary/aromatic N) is 1. The first-order valence-corrected chi connectivity index (χ1v) is 5.96. The second-order valence-corrected chi connectivity index (χ2v) is 4.17. The largest absolute Gasteiger partial charge is 0.481 e. The molecule has 7 heteroatoms. The highest BCUT2D eigenvalue weighted by atomic mass is 16.4. The Hall–Kier alpha value is -2.41. The summed E-state index contributed by atoms with van der Waals surface area (Å²) in [5, 5.41) is 12.4. The van der Waals surface area contributed by atoms with Crippen molar-refractivity contribution in [1.29, 1.82) is 0 Å². The molecule has 108 valence electrons. The third kappa shape index (κ3) is 5.49. The Labute approximate surface area is 117 Å². The summed E-state index contributed by atoms with van der Waals surface area (Å²) in [6, 6.07) is 6.67. The number of carbonyl (C=O) groups is 3. The van der Waals surface area contributed by atoms with Crippen LogP contribution >= 0.6 is 0 Å². The minimum Gasteiger partial charge on any atom is -0.481 e. The van der Waals surface area contributed by atoms with E-state index >= 15 is 0 Å². The minimum atomic E-state index is -0.967. The predicted octanol–water partition coefficient (Wildman–Crippen LogP) is -0.0161. The molecule has 20 heavy (non-hydrogen) atoms. The Balaban J connectivity index is 2.51. The lowest BCUT2D eigenvalue weighted by atomic mass is 10.1. The fourth-order valence-electron chi connectivity index (χ4n) is 1.54. The predicted molar refractivity (Wildman–Crippen MR) is 71.7 cm³/mol. The smallest absolute Gasteiger partial charge is 0.305 e. The number of amides is 2. The molecular weight excluding hydrogens is 262 g/mol. The summed E-state index contributed by atoms with van der Waals surface area (Å²) < 4.78 is 6.77. The van der Waals surface area contributed by atoms with Crippen LogP contribution in [0.1, 0.15) is 23.7 Å². The molecule has 0 bridgehead atoms. The van der Waals surface area contributed by atoms with Gasteiger partial charge in [0.1, 0.15) is 1.37 Å². The number of carboxylic acid groups (broad SMARTS) is 1. The molecular formula is C13H17N3O4. The van der Waals surface area contributed by atoms with Crippen LogP contribution in [-0.2, 0) is 16.1 Å². The normalized spacial score (nSPS) is 10.8. The molecule has 2 amide bonds. The zero-order chi connectivity index (χ0) is 15.8. The lowest BCUT2D eigenvalue weighted by molar-refractivity contribution is -0.136. The molecule has 0 heterocycles. The van der Waals surface area contributed by atoms with Crippen molar-refractivity contribution >= 4 is 18.3 Å². The zero-order valence-corrected chi connectivity index (χ0v) is 11.0. The molecule has 1 rings (SSSR count). The van der Waals surface area contributed by atoms with Gasteiger partial charge in [0.25, 0.3) is 5.91 Å². The van der Waals surface area contributed by atoms with Crippen LogP contribution in [0.4, 0.5) is 0 Å². The SMILES string of the molecule is [2H]C(=O)NN(C)Cc1ccc(C(=O)NCCC(=O)O)cc1. The van der Waals surface area contributed by atoms with Gasteiger partial charge in [-0.3, -0.25) is 19.8 Å². The van der Waals surface area contributed by atoms with Crippen LogP contribution in [0.2, 0.25) is 0 Å². The first kappa shape index (κ1) is 14.0. The molecule has 0 aliphatic rings. The Bertz CT molecular complexity index is 519. The third-order valence-electron chi connectivity index (χ3n) is 2.50. The van der Waals surface area contributed by atoms with Crippen molar-refractivity contribution in [2.45, 2.75) is 13.0 Å². The van der Waals surface area contributed by atoms with Crippen LogP contribution in [0.5, 0.6) is 0 Å². The van der Waals surface area contributed by atoms with Crippen molar-refractivity contribution in [3.05, 3.63) is 35.4 Å². The molecule has 0 saturated carbocycles. The van der Waals surface area contributed by atoms with E-state index in [9.17, 15) is 14.4 Å². The number of benzene rings is 1. The number of nitrogens with one attached hydrogen (secondary N) is 2. The number of rotatable bonds is 7. The van der Waals surface area contributed by atoms with E-state index in [-0.39, 0.29) is 18.9 Å². The van der Waals surface area contributed by atoms with Crippen molar-refractivity contribution in [2.24, 2.45) is 0 Å². The van der Waals surface area contributed by atoms with Gasteiger partial charge < -0.3 is 10.4 Å². The molecule has 0 unspecified atom stereocenters. The van der Waals surface area contributed by atoms with Gasteiger partial charge in [0.05, 0.1) is 6.42 Å². The molecule has 0 spiro atoms. The highest BCUT2D eigenvalue weighted by molar-refractivity contribution is 5.94. The Morgan fingerprint density at radius 1 is 1.40 bits per heavy atom. The maximum atomic E-state index is 11.7. The molecule has 1 aromatic carbocycles. The topological polar surface area (TPSA) is 98.7 Å². The van der Waals surface area contributed by atoms with Crippen LogP contribution in [0.25, 0.3) is 0 Å². The zero-order valence-electron chi connectivity index (χ0n) is 12.0. The number of hydrogen-bond acceptors (Lipinski definition) is 4. The average Bonchev–Trinajstić information content (AvgIpc) is 2.37. The van der Waals surface area contributed by atoms with Gasteiger partial charge in [0, 0.05) is 25.7 Å². The minimum absolute atomic E-state index is 0.0776. The first-order valence-electron chi connectivity index (χ1n) is 6.46. The maximum absolute atomic E-state index is 11.7. The standard InChI is InChI=1S/C13H17N3O4/c1-16(15-9-17)8-10-2-4-11(5-3-10)13(20)14-7-6-12(18)19/h2-5,9H,6-8H2,1H3,(H,14,20)(H,15,17)(H,18,19)/i9D. The first-order chi connectivity index (χ1) is 9.88. The molecule has 1 aromatic rings. The molecule has 0 aromatic heterocycles. The van der Waals surface area contributed by atoms with Gasteiger partial charge in [-0.2, -0.15) is 0 Å². The highest BCUT2D eigenvalue weighted by Gasteiger charge is 2.06. The van der Waals surface area contributed by atoms with E-state index in [1.165, 1.54) is 5.01 Å². The Kier molecular flexibility index (Phi) is 5.53. The molecule has 0 fully saturated rings. The van der Waals surface area contributed by atoms with Gasteiger partial charge in [-0.15, -0.1) is 0 Å². The van der Waals surface area contributed by atoms with E-state index in [1.807, 2.05) is 0 Å². The van der Waals surface area contributed by atoms with Crippen LogP contribution in [0.15, 0.2) is 24.3 Å². The highest BCUT2D eigenvalue weighted by Crippen LogP contribution is 2.06. The van der Waals surface area contributed by atoms with Crippen molar-refractivity contribution < 1.29 is 20.9 Å². The summed E-state index contributed by atoms with van der Waals surface area (Å²) in [7, 11) is 1.62. The molecule has 3 N–H and O–H groups in total. The van der Waals surface area contributed by atoms with Gasteiger partial charge in [-0.1, -0.05) is 12.1 Å². The van der Waals surface area contributed by atoms with Crippen molar-refractivity contribution in [3.8, 4) is 0 Å². The summed E-state index contributed by atoms with van der Waals surface area (Å²) >= 11 is 0. The molecule has 0 radical (unpaired) electrons. The van der Waals surface area contributed by atoms with E-state index in [2.05, 4.69) is 10.7 Å². The van der Waals surface area contributed by atoms with Gasteiger partial charge in [-0.05, 0) is 17.7 Å². The molecule has 7 nitrogen and oxygen atoms in total. The summed E-state index contributed by atoms with van der Waals surface area (Å²) in [6.45, 7) is 0.472. The van der Waals surface area contributed by atoms with E-state index in [4.69, 9.17) is 6.48 Å². The second kappa shape index (κ2) is 7.90. The summed E-state index contributed by atoms with van der Waals surface area (Å²) in [4.78, 5) is 32.6. The summed E-state index contributed by atoms with van der Waals surface area (Å²) in [5.74, 6) is -1.30. The fourth-order valence-corrected chi connectivity index (χ4v) is 1.54. The van der Waals surface area contributed by atoms with Gasteiger partial charge in [0.2, 0.25) is 6.39 Å². The molecule has 0 atom stereocenters. The second-order valence-electron chi connectivity index (χ2n) is 4.17. The van der Waals surface area contributed by atoms with Crippen LogP contribution in [0, 0.1) is 0 Å². The molecule has 0 aliphatic carbocycles. The van der Waals surface area contributed by atoms with E-state index in [1.54, 1.807) is 31.3 Å². The number of carbonyl (C=O) groups excluding carboxylic acids is 2. The van der Waals surface area contributed by atoms with Gasteiger partial charge in [-0.25, -0.2) is 5.01 Å². The summed E-state index contributed by atoms with van der Waals surface area (Å²) in [5.41, 5.74) is 3.58. The van der Waals surface area contributed by atoms with Gasteiger partial charge >= 0.3 is 5.97 Å². The van der Waals surface area contributed by atoms with E-state index < -0.39 is 12.4 Å². The maximum Gasteiger partial charge on any atom is 0.305 e. The monoisotopic (exact) mass is 280 g/mol. The fraction of sp³-hybridized carbons (Fsp3) is 0.308. The van der Waals surface area contributed by atoms with E-state index in [0.29, 0.717) is 12.1 Å². The van der Waals surface area contributed by atoms with Crippen molar-refractivity contribution in [1.82, 2.24) is 15.8 Å². The average molecular weight is 280 g/mol.